The van der Waals surface area contributed by atoms with Crippen LogP contribution in [-0.2, 0) is 9.53 Å². The molecule has 0 spiro atoms. The third-order valence-electron chi connectivity index (χ3n) is 6.08. The van der Waals surface area contributed by atoms with E-state index in [-0.39, 0.29) is 30.7 Å². The van der Waals surface area contributed by atoms with Crippen molar-refractivity contribution >= 4 is 11.8 Å². The monoisotopic (exact) mass is 404 g/mol. The van der Waals surface area contributed by atoms with Crippen LogP contribution in [0.15, 0.2) is 18.5 Å². The summed E-state index contributed by atoms with van der Waals surface area (Å²) in [4.78, 5) is 32.6. The summed E-state index contributed by atoms with van der Waals surface area (Å²) in [5, 5.41) is 2.75. The number of amides is 2. The molecule has 2 aliphatic heterocycles. The molecular formula is C21H29FN4O3. The zero-order chi connectivity index (χ0) is 20.2. The fourth-order valence-corrected chi connectivity index (χ4v) is 4.15. The Kier molecular flexibility index (Phi) is 6.40. The number of piperidine rings is 1. The number of nitrogens with one attached hydrogen (secondary N) is 1. The standard InChI is InChI=1S/C21H29FN4O3/c22-18-7-17(8-23-9-18)21(28)24-10-19-13-26(20(27)14-29-19)12-16-3-5-25(6-4-16)11-15-1-2-15/h7-9,15-16,19H,1-6,10-14H2,(H,24,28). The quantitative estimate of drug-likeness (QED) is 0.742. The number of rotatable bonds is 7. The van der Waals surface area contributed by atoms with Gasteiger partial charge in [0.1, 0.15) is 12.4 Å². The number of halogens is 1. The van der Waals surface area contributed by atoms with Crippen molar-refractivity contribution in [1.29, 1.82) is 0 Å². The van der Waals surface area contributed by atoms with Gasteiger partial charge in [0.2, 0.25) is 5.91 Å². The highest BCUT2D eigenvalue weighted by molar-refractivity contribution is 5.93. The van der Waals surface area contributed by atoms with Crippen molar-refractivity contribution in [2.75, 3.05) is 45.9 Å². The Morgan fingerprint density at radius 1 is 1.17 bits per heavy atom. The molecule has 0 aromatic carbocycles. The number of carbonyl (C=O) groups excluding carboxylic acids is 2. The second-order valence-electron chi connectivity index (χ2n) is 8.52. The van der Waals surface area contributed by atoms with E-state index in [1.54, 1.807) is 0 Å². The molecule has 1 unspecified atom stereocenters. The normalized spacial score (nSPS) is 24.0. The van der Waals surface area contributed by atoms with Crippen LogP contribution in [0.2, 0.25) is 0 Å². The second-order valence-corrected chi connectivity index (χ2v) is 8.52. The topological polar surface area (TPSA) is 74.8 Å². The molecule has 158 valence electrons. The summed E-state index contributed by atoms with van der Waals surface area (Å²) in [6.07, 6.45) is 7.16. The average Bonchev–Trinajstić information content (AvgIpc) is 3.54. The Labute approximate surface area is 170 Å². The van der Waals surface area contributed by atoms with Crippen molar-refractivity contribution in [3.05, 3.63) is 29.8 Å². The van der Waals surface area contributed by atoms with Crippen LogP contribution in [0.4, 0.5) is 4.39 Å². The summed E-state index contributed by atoms with van der Waals surface area (Å²) in [6.45, 7) is 5.05. The van der Waals surface area contributed by atoms with Crippen LogP contribution in [0.25, 0.3) is 0 Å². The van der Waals surface area contributed by atoms with Gasteiger partial charge >= 0.3 is 0 Å². The molecule has 0 bridgehead atoms. The van der Waals surface area contributed by atoms with E-state index < -0.39 is 11.7 Å². The minimum absolute atomic E-state index is 0.0160. The lowest BCUT2D eigenvalue weighted by atomic mass is 9.95. The molecule has 3 heterocycles. The van der Waals surface area contributed by atoms with Crippen LogP contribution in [0.3, 0.4) is 0 Å². The lowest BCUT2D eigenvalue weighted by Crippen LogP contribution is -2.52. The first-order valence-corrected chi connectivity index (χ1v) is 10.6. The first kappa shape index (κ1) is 20.2. The summed E-state index contributed by atoms with van der Waals surface area (Å²) in [6, 6.07) is 1.15. The van der Waals surface area contributed by atoms with E-state index in [0.29, 0.717) is 12.5 Å². The number of hydrogen-bond acceptors (Lipinski definition) is 5. The predicted octanol–water partition coefficient (Wildman–Crippen LogP) is 1.30. The molecule has 1 atom stereocenters. The maximum Gasteiger partial charge on any atom is 0.253 e. The van der Waals surface area contributed by atoms with Crippen LogP contribution in [0.1, 0.15) is 36.0 Å². The maximum absolute atomic E-state index is 13.2. The van der Waals surface area contributed by atoms with Gasteiger partial charge in [-0.2, -0.15) is 0 Å². The molecule has 4 rings (SSSR count). The highest BCUT2D eigenvalue weighted by atomic mass is 19.1. The number of morpholine rings is 1. The zero-order valence-corrected chi connectivity index (χ0v) is 16.7. The molecule has 1 N–H and O–H groups in total. The van der Waals surface area contributed by atoms with E-state index in [2.05, 4.69) is 15.2 Å². The van der Waals surface area contributed by atoms with Crippen molar-refractivity contribution in [3.8, 4) is 0 Å². The van der Waals surface area contributed by atoms with Gasteiger partial charge in [0.25, 0.3) is 5.91 Å². The minimum atomic E-state index is -0.550. The molecule has 3 aliphatic rings. The Morgan fingerprint density at radius 2 is 1.93 bits per heavy atom. The molecule has 7 nitrogen and oxygen atoms in total. The van der Waals surface area contributed by atoms with Crippen LogP contribution in [0, 0.1) is 17.7 Å². The van der Waals surface area contributed by atoms with Crippen LogP contribution < -0.4 is 5.32 Å². The summed E-state index contributed by atoms with van der Waals surface area (Å²) < 4.78 is 18.8. The van der Waals surface area contributed by atoms with Crippen molar-refractivity contribution in [3.63, 3.8) is 0 Å². The third-order valence-corrected chi connectivity index (χ3v) is 6.08. The van der Waals surface area contributed by atoms with Crippen molar-refractivity contribution < 1.29 is 18.7 Å². The Morgan fingerprint density at radius 3 is 2.66 bits per heavy atom. The number of carbonyl (C=O) groups is 2. The Balaban J connectivity index is 1.21. The Hall–Kier alpha value is -2.06. The van der Waals surface area contributed by atoms with E-state index in [4.69, 9.17) is 4.74 Å². The fraction of sp³-hybridized carbons (Fsp3) is 0.667. The fourth-order valence-electron chi connectivity index (χ4n) is 4.15. The smallest absolute Gasteiger partial charge is 0.253 e. The van der Waals surface area contributed by atoms with Crippen molar-refractivity contribution in [2.45, 2.75) is 31.8 Å². The van der Waals surface area contributed by atoms with Crippen LogP contribution in [0.5, 0.6) is 0 Å². The first-order chi connectivity index (χ1) is 14.1. The molecule has 1 saturated carbocycles. The summed E-state index contributed by atoms with van der Waals surface area (Å²) in [5.41, 5.74) is 0.173. The van der Waals surface area contributed by atoms with Crippen LogP contribution in [-0.4, -0.2) is 78.6 Å². The van der Waals surface area contributed by atoms with Gasteiger partial charge < -0.3 is 19.9 Å². The highest BCUT2D eigenvalue weighted by Gasteiger charge is 2.31. The van der Waals surface area contributed by atoms with Gasteiger partial charge in [0, 0.05) is 32.4 Å². The Bertz CT molecular complexity index is 734. The van der Waals surface area contributed by atoms with E-state index in [1.165, 1.54) is 25.6 Å². The molecule has 1 aliphatic carbocycles. The van der Waals surface area contributed by atoms with Crippen molar-refractivity contribution in [1.82, 2.24) is 20.1 Å². The van der Waals surface area contributed by atoms with E-state index in [0.717, 1.165) is 50.7 Å². The average molecular weight is 404 g/mol. The summed E-state index contributed by atoms with van der Waals surface area (Å²) in [5.74, 6) is 0.522. The highest BCUT2D eigenvalue weighted by Crippen LogP contribution is 2.31. The minimum Gasteiger partial charge on any atom is -0.365 e. The van der Waals surface area contributed by atoms with E-state index in [1.807, 2.05) is 4.90 Å². The van der Waals surface area contributed by atoms with Gasteiger partial charge in [-0.05, 0) is 56.7 Å². The first-order valence-electron chi connectivity index (χ1n) is 10.6. The third kappa shape index (κ3) is 5.73. The SMILES string of the molecule is O=C(NCC1CN(CC2CCN(CC3CC3)CC2)C(=O)CO1)c1cncc(F)c1. The summed E-state index contributed by atoms with van der Waals surface area (Å²) >= 11 is 0. The number of likely N-dealkylation sites (tertiary alicyclic amines) is 1. The molecule has 0 radical (unpaired) electrons. The zero-order valence-electron chi connectivity index (χ0n) is 16.7. The number of aromatic nitrogens is 1. The molecule has 1 aromatic heterocycles. The van der Waals surface area contributed by atoms with Gasteiger partial charge in [-0.15, -0.1) is 0 Å². The van der Waals surface area contributed by atoms with E-state index >= 15 is 0 Å². The number of nitrogens with zero attached hydrogens (tertiary/aromatic N) is 3. The molecule has 3 fully saturated rings. The van der Waals surface area contributed by atoms with E-state index in [9.17, 15) is 14.0 Å². The molecule has 2 amide bonds. The predicted molar refractivity (Wildman–Crippen MR) is 105 cm³/mol. The number of hydrogen-bond donors (Lipinski definition) is 1. The molecular weight excluding hydrogens is 375 g/mol. The number of pyridine rings is 1. The molecule has 2 saturated heterocycles. The lowest BCUT2D eigenvalue weighted by molar-refractivity contribution is -0.149. The molecule has 29 heavy (non-hydrogen) atoms. The van der Waals surface area contributed by atoms with Crippen LogP contribution >= 0.6 is 0 Å². The van der Waals surface area contributed by atoms with Gasteiger partial charge in [0.05, 0.1) is 17.9 Å². The summed E-state index contributed by atoms with van der Waals surface area (Å²) in [7, 11) is 0. The lowest BCUT2D eigenvalue weighted by Gasteiger charge is -2.38. The van der Waals surface area contributed by atoms with Gasteiger partial charge in [-0.3, -0.25) is 14.6 Å². The number of ether oxygens (including phenoxy) is 1. The maximum atomic E-state index is 13.2. The van der Waals surface area contributed by atoms with Crippen molar-refractivity contribution in [2.24, 2.45) is 11.8 Å². The molecule has 1 aromatic rings. The van der Waals surface area contributed by atoms with Gasteiger partial charge in [0.15, 0.2) is 0 Å². The van der Waals surface area contributed by atoms with Gasteiger partial charge in [-0.1, -0.05) is 0 Å². The van der Waals surface area contributed by atoms with Gasteiger partial charge in [-0.25, -0.2) is 4.39 Å². The second kappa shape index (κ2) is 9.17. The largest absolute Gasteiger partial charge is 0.365 e. The molecule has 8 heteroatoms.